The van der Waals surface area contributed by atoms with Gasteiger partial charge in [-0.05, 0) is 54.6 Å². The highest BCUT2D eigenvalue weighted by atomic mass is 16.3. The number of para-hydroxylation sites is 3. The van der Waals surface area contributed by atoms with Crippen LogP contribution < -0.4 is 10.2 Å². The molecule has 0 atom stereocenters. The van der Waals surface area contributed by atoms with Crippen LogP contribution in [0.3, 0.4) is 0 Å². The Hall–Kier alpha value is -3.98. The minimum absolute atomic E-state index is 0.877. The van der Waals surface area contributed by atoms with Crippen LogP contribution in [0.4, 0.5) is 28.4 Å². The fourth-order valence-corrected chi connectivity index (χ4v) is 3.55. The smallest absolute Gasteiger partial charge is 0.136 e. The molecule has 0 radical (unpaired) electrons. The molecule has 0 saturated carbocycles. The normalized spacial score (nSPS) is 10.8. The number of nitrogens with one attached hydrogen (secondary N) is 1. The Bertz CT molecular complexity index is 1230. The molecule has 3 heteroatoms. The second-order valence-electron chi connectivity index (χ2n) is 6.83. The summed E-state index contributed by atoms with van der Waals surface area (Å²) in [5.74, 6) is 0. The summed E-state index contributed by atoms with van der Waals surface area (Å²) in [6.07, 6.45) is 1.83. The second-order valence-corrected chi connectivity index (χ2v) is 6.83. The minimum atomic E-state index is 0.877. The van der Waals surface area contributed by atoms with Crippen LogP contribution in [0.15, 0.2) is 120 Å². The van der Waals surface area contributed by atoms with Crippen LogP contribution in [0.25, 0.3) is 11.0 Å². The van der Waals surface area contributed by atoms with Crippen molar-refractivity contribution in [2.45, 2.75) is 0 Å². The summed E-state index contributed by atoms with van der Waals surface area (Å²) in [5, 5.41) is 4.56. The topological polar surface area (TPSA) is 28.4 Å². The van der Waals surface area contributed by atoms with Gasteiger partial charge in [-0.1, -0.05) is 54.6 Å². The van der Waals surface area contributed by atoms with E-state index in [1.54, 1.807) is 0 Å². The lowest BCUT2D eigenvalue weighted by Gasteiger charge is -2.24. The highest BCUT2D eigenvalue weighted by molar-refractivity contribution is 5.96. The standard InChI is InChI=1S/C26H20N2O/c1-3-10-20(11-4-1)27-21-12-9-15-23(18-21)28(22-13-5-2-6-14-22)25-19-29-26-17-8-7-16-24(25)26/h1-19,27H. The van der Waals surface area contributed by atoms with Crippen molar-refractivity contribution in [1.29, 1.82) is 0 Å². The third-order valence-electron chi connectivity index (χ3n) is 4.88. The van der Waals surface area contributed by atoms with Crippen LogP contribution in [0.1, 0.15) is 0 Å². The van der Waals surface area contributed by atoms with Crippen molar-refractivity contribution in [2.75, 3.05) is 10.2 Å². The first-order chi connectivity index (χ1) is 14.4. The van der Waals surface area contributed by atoms with Crippen molar-refractivity contribution in [3.05, 3.63) is 115 Å². The van der Waals surface area contributed by atoms with Crippen molar-refractivity contribution in [2.24, 2.45) is 0 Å². The lowest BCUT2D eigenvalue weighted by Crippen LogP contribution is -2.09. The van der Waals surface area contributed by atoms with Gasteiger partial charge >= 0.3 is 0 Å². The first-order valence-electron chi connectivity index (χ1n) is 9.62. The average molecular weight is 376 g/mol. The van der Waals surface area contributed by atoms with Crippen LogP contribution >= 0.6 is 0 Å². The van der Waals surface area contributed by atoms with Crippen LogP contribution in [-0.2, 0) is 0 Å². The zero-order valence-electron chi connectivity index (χ0n) is 15.8. The van der Waals surface area contributed by atoms with E-state index in [1.165, 1.54) is 0 Å². The van der Waals surface area contributed by atoms with Gasteiger partial charge in [0.1, 0.15) is 11.8 Å². The van der Waals surface area contributed by atoms with Gasteiger partial charge < -0.3 is 14.6 Å². The van der Waals surface area contributed by atoms with E-state index in [9.17, 15) is 0 Å². The van der Waals surface area contributed by atoms with E-state index in [2.05, 4.69) is 76.9 Å². The molecule has 140 valence electrons. The predicted molar refractivity (Wildman–Crippen MR) is 121 cm³/mol. The van der Waals surface area contributed by atoms with Gasteiger partial charge in [0.2, 0.25) is 0 Å². The van der Waals surface area contributed by atoms with Crippen molar-refractivity contribution < 1.29 is 4.42 Å². The Morgan fingerprint density at radius 3 is 2.07 bits per heavy atom. The third kappa shape index (κ3) is 3.46. The van der Waals surface area contributed by atoms with Gasteiger partial charge in [-0.25, -0.2) is 0 Å². The monoisotopic (exact) mass is 376 g/mol. The average Bonchev–Trinajstić information content (AvgIpc) is 3.20. The molecule has 0 spiro atoms. The summed E-state index contributed by atoms with van der Waals surface area (Å²) in [5.41, 5.74) is 6.12. The van der Waals surface area contributed by atoms with E-state index in [-0.39, 0.29) is 0 Å². The molecule has 0 bridgehead atoms. The number of hydrogen-bond acceptors (Lipinski definition) is 3. The lowest BCUT2D eigenvalue weighted by atomic mass is 10.1. The molecule has 0 unspecified atom stereocenters. The van der Waals surface area contributed by atoms with Crippen LogP contribution in [0.5, 0.6) is 0 Å². The zero-order valence-corrected chi connectivity index (χ0v) is 15.8. The zero-order chi connectivity index (χ0) is 19.5. The van der Waals surface area contributed by atoms with E-state index < -0.39 is 0 Å². The molecule has 0 aliphatic heterocycles. The van der Waals surface area contributed by atoms with E-state index in [0.717, 1.165) is 39.4 Å². The maximum Gasteiger partial charge on any atom is 0.136 e. The highest BCUT2D eigenvalue weighted by Crippen LogP contribution is 2.40. The first-order valence-corrected chi connectivity index (χ1v) is 9.62. The van der Waals surface area contributed by atoms with E-state index in [4.69, 9.17) is 4.42 Å². The molecular weight excluding hydrogens is 356 g/mol. The van der Waals surface area contributed by atoms with Gasteiger partial charge in [0.15, 0.2) is 0 Å². The summed E-state index contributed by atoms with van der Waals surface area (Å²) >= 11 is 0. The quantitative estimate of drug-likeness (QED) is 0.341. The Morgan fingerprint density at radius 2 is 1.24 bits per heavy atom. The number of nitrogens with zero attached hydrogens (tertiary/aromatic N) is 1. The fourth-order valence-electron chi connectivity index (χ4n) is 3.55. The maximum absolute atomic E-state index is 5.84. The molecule has 4 aromatic carbocycles. The van der Waals surface area contributed by atoms with Crippen molar-refractivity contribution in [3.63, 3.8) is 0 Å². The molecule has 1 N–H and O–H groups in total. The molecule has 0 amide bonds. The SMILES string of the molecule is c1ccc(Nc2cccc(N(c3ccccc3)c3coc4ccccc34)c2)cc1. The van der Waals surface area contributed by atoms with E-state index >= 15 is 0 Å². The summed E-state index contributed by atoms with van der Waals surface area (Å²) in [7, 11) is 0. The Balaban J connectivity index is 1.61. The Morgan fingerprint density at radius 1 is 0.586 bits per heavy atom. The summed E-state index contributed by atoms with van der Waals surface area (Å²) in [6.45, 7) is 0. The number of rotatable bonds is 5. The number of benzene rings is 4. The predicted octanol–water partition coefficient (Wildman–Crippen LogP) is 7.65. The van der Waals surface area contributed by atoms with Gasteiger partial charge in [0, 0.05) is 28.1 Å². The largest absolute Gasteiger partial charge is 0.462 e. The van der Waals surface area contributed by atoms with E-state index in [0.29, 0.717) is 0 Å². The molecule has 5 aromatic rings. The Kier molecular flexibility index (Phi) is 4.47. The van der Waals surface area contributed by atoms with Gasteiger partial charge in [0.05, 0.1) is 5.69 Å². The summed E-state index contributed by atoms with van der Waals surface area (Å²) < 4.78 is 5.84. The number of fused-ring (bicyclic) bond motifs is 1. The molecule has 0 saturated heterocycles. The maximum atomic E-state index is 5.84. The summed E-state index contributed by atoms with van der Waals surface area (Å²) in [6, 6.07) is 37.1. The van der Waals surface area contributed by atoms with Crippen LogP contribution in [-0.4, -0.2) is 0 Å². The van der Waals surface area contributed by atoms with E-state index in [1.807, 2.05) is 48.7 Å². The number of furan rings is 1. The molecule has 3 nitrogen and oxygen atoms in total. The van der Waals surface area contributed by atoms with Gasteiger partial charge in [-0.3, -0.25) is 0 Å². The summed E-state index contributed by atoms with van der Waals surface area (Å²) in [4.78, 5) is 2.22. The lowest BCUT2D eigenvalue weighted by molar-refractivity contribution is 0.616. The van der Waals surface area contributed by atoms with Crippen molar-refractivity contribution in [1.82, 2.24) is 0 Å². The molecule has 29 heavy (non-hydrogen) atoms. The van der Waals surface area contributed by atoms with Crippen molar-refractivity contribution in [3.8, 4) is 0 Å². The van der Waals surface area contributed by atoms with Crippen molar-refractivity contribution >= 4 is 39.4 Å². The molecule has 0 aliphatic carbocycles. The highest BCUT2D eigenvalue weighted by Gasteiger charge is 2.17. The second kappa shape index (κ2) is 7.56. The van der Waals surface area contributed by atoms with Gasteiger partial charge in [0.25, 0.3) is 0 Å². The first kappa shape index (κ1) is 17.1. The number of hydrogen-bond donors (Lipinski definition) is 1. The van der Waals surface area contributed by atoms with Gasteiger partial charge in [-0.15, -0.1) is 0 Å². The molecule has 0 fully saturated rings. The minimum Gasteiger partial charge on any atom is -0.462 e. The molecule has 1 heterocycles. The fraction of sp³-hybridized carbons (Fsp3) is 0. The molecule has 1 aromatic heterocycles. The van der Waals surface area contributed by atoms with Crippen LogP contribution in [0, 0.1) is 0 Å². The van der Waals surface area contributed by atoms with Gasteiger partial charge in [-0.2, -0.15) is 0 Å². The molecule has 0 aliphatic rings. The van der Waals surface area contributed by atoms with Crippen LogP contribution in [0.2, 0.25) is 0 Å². The molecular formula is C26H20N2O. The third-order valence-corrected chi connectivity index (χ3v) is 4.88. The Labute approximate surface area is 169 Å². The molecule has 5 rings (SSSR count). The number of anilines is 5.